The summed E-state index contributed by atoms with van der Waals surface area (Å²) in [7, 11) is 0. The maximum atomic E-state index is 2.38. The van der Waals surface area contributed by atoms with E-state index < -0.39 is 0 Å². The molecular weight excluding hydrogens is 120 g/mol. The van der Waals surface area contributed by atoms with Gasteiger partial charge in [0, 0.05) is 0 Å². The summed E-state index contributed by atoms with van der Waals surface area (Å²) in [4.78, 5) is 0. The number of hydrogen-bond acceptors (Lipinski definition) is 0. The maximum Gasteiger partial charge on any atom is -0.0142 e. The molecule has 3 atom stereocenters. The Kier molecular flexibility index (Phi) is 1.40. The third-order valence-corrected chi connectivity index (χ3v) is 2.91. The van der Waals surface area contributed by atoms with Crippen LogP contribution in [-0.2, 0) is 0 Å². The first kappa shape index (κ1) is 6.21. The van der Waals surface area contributed by atoms with Crippen molar-refractivity contribution < 1.29 is 0 Å². The molecule has 0 aromatic carbocycles. The molecule has 0 spiro atoms. The lowest BCUT2D eigenvalue weighted by atomic mass is 9.87. The molecule has 1 fully saturated rings. The van der Waals surface area contributed by atoms with Gasteiger partial charge in [-0.25, -0.2) is 0 Å². The topological polar surface area (TPSA) is 0 Å². The van der Waals surface area contributed by atoms with Gasteiger partial charge in [0.15, 0.2) is 0 Å². The fourth-order valence-corrected chi connectivity index (χ4v) is 2.22. The summed E-state index contributed by atoms with van der Waals surface area (Å²) >= 11 is 0. The Balaban J connectivity index is 2.19. The van der Waals surface area contributed by atoms with Gasteiger partial charge in [-0.05, 0) is 30.6 Å². The second-order valence-electron chi connectivity index (χ2n) is 3.57. The van der Waals surface area contributed by atoms with Crippen molar-refractivity contribution in [1.82, 2.24) is 0 Å². The van der Waals surface area contributed by atoms with E-state index in [1.807, 2.05) is 0 Å². The van der Waals surface area contributed by atoms with Gasteiger partial charge >= 0.3 is 0 Å². The van der Waals surface area contributed by atoms with Gasteiger partial charge in [-0.1, -0.05) is 31.2 Å². The molecular formula is C10H14. The third-order valence-electron chi connectivity index (χ3n) is 2.91. The van der Waals surface area contributed by atoms with Crippen LogP contribution >= 0.6 is 0 Å². The van der Waals surface area contributed by atoms with E-state index >= 15 is 0 Å². The molecule has 0 aliphatic heterocycles. The van der Waals surface area contributed by atoms with Crippen LogP contribution in [0.3, 0.4) is 0 Å². The molecule has 0 bridgehead atoms. The van der Waals surface area contributed by atoms with E-state index in [-0.39, 0.29) is 0 Å². The average Bonchev–Trinajstić information content (AvgIpc) is 2.34. The van der Waals surface area contributed by atoms with Crippen molar-refractivity contribution in [2.45, 2.75) is 19.8 Å². The van der Waals surface area contributed by atoms with E-state index in [2.05, 4.69) is 31.2 Å². The molecule has 2 aliphatic carbocycles. The summed E-state index contributed by atoms with van der Waals surface area (Å²) in [5.41, 5.74) is 0. The molecule has 2 unspecified atom stereocenters. The zero-order valence-corrected chi connectivity index (χ0v) is 6.46. The predicted octanol–water partition coefficient (Wildman–Crippen LogP) is 2.77. The van der Waals surface area contributed by atoms with Gasteiger partial charge in [0.05, 0.1) is 0 Å². The van der Waals surface area contributed by atoms with Crippen LogP contribution < -0.4 is 0 Å². The molecule has 0 radical (unpaired) electrons. The average molecular weight is 134 g/mol. The van der Waals surface area contributed by atoms with Gasteiger partial charge < -0.3 is 0 Å². The van der Waals surface area contributed by atoms with Crippen LogP contribution in [0.25, 0.3) is 0 Å². The first-order valence-corrected chi connectivity index (χ1v) is 4.23. The lowest BCUT2D eigenvalue weighted by Gasteiger charge is -2.18. The third kappa shape index (κ3) is 0.828. The summed E-state index contributed by atoms with van der Waals surface area (Å²) in [6.07, 6.45) is 12.0. The van der Waals surface area contributed by atoms with Crippen LogP contribution in [0.4, 0.5) is 0 Å². The zero-order chi connectivity index (χ0) is 6.97. The monoisotopic (exact) mass is 134 g/mol. The molecule has 10 heavy (non-hydrogen) atoms. The highest BCUT2D eigenvalue weighted by Crippen LogP contribution is 2.39. The summed E-state index contributed by atoms with van der Waals surface area (Å²) in [6, 6.07) is 0. The molecule has 0 nitrogen and oxygen atoms in total. The van der Waals surface area contributed by atoms with Crippen molar-refractivity contribution in [3.63, 3.8) is 0 Å². The molecule has 0 N–H and O–H groups in total. The Morgan fingerprint density at radius 3 is 2.70 bits per heavy atom. The van der Waals surface area contributed by atoms with Gasteiger partial charge in [0.25, 0.3) is 0 Å². The van der Waals surface area contributed by atoms with Crippen molar-refractivity contribution in [3.8, 4) is 0 Å². The first-order chi connectivity index (χ1) is 4.88. The molecule has 2 aliphatic rings. The van der Waals surface area contributed by atoms with Gasteiger partial charge in [-0.3, -0.25) is 0 Å². The minimum Gasteiger partial charge on any atom is -0.0808 e. The molecule has 0 heteroatoms. The Labute approximate surface area is 62.6 Å². The molecule has 0 saturated heterocycles. The summed E-state index contributed by atoms with van der Waals surface area (Å²) < 4.78 is 0. The van der Waals surface area contributed by atoms with Crippen LogP contribution in [0, 0.1) is 17.8 Å². The maximum absolute atomic E-state index is 2.38. The minimum atomic E-state index is 0.866. The Morgan fingerprint density at radius 1 is 1.10 bits per heavy atom. The van der Waals surface area contributed by atoms with E-state index in [0.29, 0.717) is 0 Å². The van der Waals surface area contributed by atoms with Crippen LogP contribution in [0.5, 0.6) is 0 Å². The van der Waals surface area contributed by atoms with E-state index in [0.717, 1.165) is 17.8 Å². The zero-order valence-electron chi connectivity index (χ0n) is 6.46. The van der Waals surface area contributed by atoms with Crippen molar-refractivity contribution >= 4 is 0 Å². The molecule has 54 valence electrons. The van der Waals surface area contributed by atoms with E-state index in [1.165, 1.54) is 12.8 Å². The molecule has 1 saturated carbocycles. The van der Waals surface area contributed by atoms with Gasteiger partial charge in [0.2, 0.25) is 0 Å². The predicted molar refractivity (Wildman–Crippen MR) is 43.7 cm³/mol. The van der Waals surface area contributed by atoms with E-state index in [4.69, 9.17) is 0 Å². The summed E-state index contributed by atoms with van der Waals surface area (Å²) in [6.45, 7) is 2.37. The highest BCUT2D eigenvalue weighted by molar-refractivity contribution is 5.16. The standard InChI is InChI=1S/C10H14/c1-8-6-7-9-4-2-3-5-10(8)9/h2-5,8-10H,6-7H2,1H3/t8?,9-,10?/m1/s1. The van der Waals surface area contributed by atoms with Crippen LogP contribution in [0.1, 0.15) is 19.8 Å². The SMILES string of the molecule is CC1CC[C@H]2C=CC=CC12. The second-order valence-corrected chi connectivity index (χ2v) is 3.57. The lowest BCUT2D eigenvalue weighted by molar-refractivity contribution is 0.451. The Morgan fingerprint density at radius 2 is 1.90 bits per heavy atom. The number of rotatable bonds is 0. The number of allylic oxidation sites excluding steroid dienone is 4. The largest absolute Gasteiger partial charge is 0.0808 e. The molecule has 2 rings (SSSR count). The van der Waals surface area contributed by atoms with Crippen molar-refractivity contribution in [3.05, 3.63) is 24.3 Å². The van der Waals surface area contributed by atoms with Gasteiger partial charge in [-0.15, -0.1) is 0 Å². The summed E-state index contributed by atoms with van der Waals surface area (Å²) in [5, 5.41) is 0. The lowest BCUT2D eigenvalue weighted by Crippen LogP contribution is -2.09. The highest BCUT2D eigenvalue weighted by atomic mass is 14.3. The Hall–Kier alpha value is -0.520. The molecule has 0 aromatic rings. The quantitative estimate of drug-likeness (QED) is 0.478. The summed E-state index contributed by atoms with van der Waals surface area (Å²) in [5.74, 6) is 2.66. The number of fused-ring (bicyclic) bond motifs is 1. The Bertz CT molecular complexity index is 176. The van der Waals surface area contributed by atoms with E-state index in [1.54, 1.807) is 0 Å². The normalized spacial score (nSPS) is 43.9. The minimum absolute atomic E-state index is 0.866. The van der Waals surface area contributed by atoms with Crippen LogP contribution in [-0.4, -0.2) is 0 Å². The fourth-order valence-electron chi connectivity index (χ4n) is 2.22. The smallest absolute Gasteiger partial charge is 0.0142 e. The molecule has 0 heterocycles. The van der Waals surface area contributed by atoms with Gasteiger partial charge in [-0.2, -0.15) is 0 Å². The fraction of sp³-hybridized carbons (Fsp3) is 0.600. The van der Waals surface area contributed by atoms with Gasteiger partial charge in [0.1, 0.15) is 0 Å². The van der Waals surface area contributed by atoms with Crippen molar-refractivity contribution in [1.29, 1.82) is 0 Å². The second kappa shape index (κ2) is 2.26. The molecule has 0 aromatic heterocycles. The van der Waals surface area contributed by atoms with Crippen molar-refractivity contribution in [2.75, 3.05) is 0 Å². The number of hydrogen-bond donors (Lipinski definition) is 0. The van der Waals surface area contributed by atoms with Crippen LogP contribution in [0.15, 0.2) is 24.3 Å². The molecule has 0 amide bonds. The van der Waals surface area contributed by atoms with Crippen molar-refractivity contribution in [2.24, 2.45) is 17.8 Å². The van der Waals surface area contributed by atoms with Crippen LogP contribution in [0.2, 0.25) is 0 Å². The van der Waals surface area contributed by atoms with E-state index in [9.17, 15) is 0 Å². The highest BCUT2D eigenvalue weighted by Gasteiger charge is 2.30. The first-order valence-electron chi connectivity index (χ1n) is 4.23.